The number of nitrogens with zero attached hydrogens (tertiary/aromatic N) is 1. The average Bonchev–Trinajstić information content (AvgIpc) is 3.67. The Hall–Kier alpha value is -3.99. The van der Waals surface area contributed by atoms with Crippen LogP contribution >= 0.6 is 23.1 Å². The van der Waals surface area contributed by atoms with Gasteiger partial charge in [0.25, 0.3) is 0 Å². The van der Waals surface area contributed by atoms with Crippen molar-refractivity contribution in [3.63, 3.8) is 0 Å². The third-order valence-electron chi connectivity index (χ3n) is 8.29. The number of aryl methyl sites for hydroxylation is 1. The minimum Gasteiger partial charge on any atom is -0.391 e. The molecule has 49 heavy (non-hydrogen) atoms. The van der Waals surface area contributed by atoms with Crippen molar-refractivity contribution in [3.05, 3.63) is 46.8 Å². The van der Waals surface area contributed by atoms with Crippen molar-refractivity contribution in [2.24, 2.45) is 11.1 Å². The van der Waals surface area contributed by atoms with Gasteiger partial charge in [0, 0.05) is 36.7 Å². The molecule has 266 valence electrons. The fourth-order valence-electron chi connectivity index (χ4n) is 5.64. The van der Waals surface area contributed by atoms with Gasteiger partial charge in [0.05, 0.1) is 18.4 Å². The van der Waals surface area contributed by atoms with E-state index in [9.17, 15) is 33.9 Å². The van der Waals surface area contributed by atoms with Crippen LogP contribution in [0.15, 0.2) is 35.7 Å². The normalized spacial score (nSPS) is 25.7. The molecule has 5 atom stereocenters. The number of nitrogens with one attached hydrogen (secondary N) is 5. The molecule has 0 bridgehead atoms. The van der Waals surface area contributed by atoms with Crippen molar-refractivity contribution in [1.82, 2.24) is 31.5 Å². The lowest BCUT2D eigenvalue weighted by Crippen LogP contribution is -2.58. The van der Waals surface area contributed by atoms with E-state index in [1.807, 2.05) is 30.5 Å². The van der Waals surface area contributed by atoms with E-state index >= 15 is 0 Å². The third kappa shape index (κ3) is 9.80. The van der Waals surface area contributed by atoms with Gasteiger partial charge in [0.2, 0.25) is 35.4 Å². The third-order valence-corrected chi connectivity index (χ3v) is 10.3. The summed E-state index contributed by atoms with van der Waals surface area (Å²) in [4.78, 5) is 82.2. The molecule has 2 aliphatic heterocycles. The number of carbonyl (C=O) groups excluding carboxylic acids is 6. The number of thiophene rings is 1. The minimum atomic E-state index is -1.29. The highest BCUT2D eigenvalue weighted by atomic mass is 32.2. The van der Waals surface area contributed by atoms with Crippen molar-refractivity contribution in [2.75, 3.05) is 37.7 Å². The number of fused-ring (bicyclic) bond motifs is 1. The van der Waals surface area contributed by atoms with E-state index in [4.69, 9.17) is 5.73 Å². The molecule has 14 nitrogen and oxygen atoms in total. The lowest BCUT2D eigenvalue weighted by molar-refractivity contribution is -0.144. The molecule has 8 N–H and O–H groups in total. The largest absolute Gasteiger partial charge is 0.391 e. The molecular formula is C33H45N7O7S2. The van der Waals surface area contributed by atoms with E-state index in [0.29, 0.717) is 11.3 Å². The van der Waals surface area contributed by atoms with Crippen LogP contribution in [0.3, 0.4) is 0 Å². The van der Waals surface area contributed by atoms with Crippen LogP contribution in [0, 0.1) is 12.3 Å². The van der Waals surface area contributed by atoms with Crippen molar-refractivity contribution in [1.29, 1.82) is 0 Å². The number of benzene rings is 1. The summed E-state index contributed by atoms with van der Waals surface area (Å²) < 4.78 is 0. The first-order valence-electron chi connectivity index (χ1n) is 16.0. The molecule has 2 aromatic rings. The van der Waals surface area contributed by atoms with E-state index in [-0.39, 0.29) is 31.8 Å². The maximum Gasteiger partial charge on any atom is 0.247 e. The summed E-state index contributed by atoms with van der Waals surface area (Å²) >= 11 is 2.81. The van der Waals surface area contributed by atoms with Crippen LogP contribution in [0.5, 0.6) is 0 Å². The number of rotatable bonds is 3. The Morgan fingerprint density at radius 3 is 2.27 bits per heavy atom. The smallest absolute Gasteiger partial charge is 0.247 e. The number of hydrogen-bond donors (Lipinski definition) is 7. The Labute approximate surface area is 293 Å². The topological polar surface area (TPSA) is 212 Å². The van der Waals surface area contributed by atoms with Crippen LogP contribution in [0.1, 0.15) is 44.4 Å². The number of carbonyl (C=O) groups is 6. The molecule has 0 saturated carbocycles. The van der Waals surface area contributed by atoms with E-state index in [2.05, 4.69) is 26.6 Å². The van der Waals surface area contributed by atoms with Crippen LogP contribution in [0.2, 0.25) is 0 Å². The standard InChI is InChI=1S/C33H45N7O7S2/c1-18-9-11-49-27(18)20-7-5-19(6-8-20)26-31(46)36-15-24(42)37-22(14-34)29(44)35-10-12-48-17-25(43)38-28(33(2,3)4)32(47)40-16-21(41)13-23(40)30(45)39-26/h5-9,11,21-23,26,28,41H,10,12-17,34H2,1-4H3,(H,35,44)(H,36,46)(H,37,42)(H,38,43)(H,39,45)/t21-,22-,23+,26-,28-/m1/s1. The molecular weight excluding hydrogens is 671 g/mol. The molecule has 16 heteroatoms. The Balaban J connectivity index is 1.66. The molecule has 6 amide bonds. The summed E-state index contributed by atoms with van der Waals surface area (Å²) in [7, 11) is 0. The maximum absolute atomic E-state index is 14.0. The fraction of sp³-hybridized carbons (Fsp3) is 0.515. The zero-order chi connectivity index (χ0) is 35.9. The maximum atomic E-state index is 14.0. The summed E-state index contributed by atoms with van der Waals surface area (Å²) in [5.74, 6) is -3.18. The number of thioether (sulfide) groups is 1. The first-order chi connectivity index (χ1) is 23.2. The van der Waals surface area contributed by atoms with Gasteiger partial charge in [-0.05, 0) is 40.5 Å². The molecule has 0 spiro atoms. The second-order valence-electron chi connectivity index (χ2n) is 13.2. The Bertz CT molecular complexity index is 1540. The summed E-state index contributed by atoms with van der Waals surface area (Å²) in [5.41, 5.74) is 7.40. The molecule has 3 heterocycles. The van der Waals surface area contributed by atoms with Crippen molar-refractivity contribution in [2.45, 2.75) is 64.4 Å². The monoisotopic (exact) mass is 715 g/mol. The molecule has 2 saturated heterocycles. The second kappa shape index (κ2) is 16.6. The summed E-state index contributed by atoms with van der Waals surface area (Å²) in [5, 5.41) is 25.8. The number of hydrogen-bond acceptors (Lipinski definition) is 10. The van der Waals surface area contributed by atoms with E-state index < -0.39 is 77.7 Å². The van der Waals surface area contributed by atoms with Gasteiger partial charge in [-0.3, -0.25) is 28.8 Å². The van der Waals surface area contributed by atoms with Crippen LogP contribution < -0.4 is 32.3 Å². The average molecular weight is 716 g/mol. The molecule has 0 radical (unpaired) electrons. The highest BCUT2D eigenvalue weighted by Gasteiger charge is 2.45. The molecule has 2 aliphatic rings. The van der Waals surface area contributed by atoms with Gasteiger partial charge in [-0.2, -0.15) is 11.8 Å². The van der Waals surface area contributed by atoms with Gasteiger partial charge in [-0.15, -0.1) is 11.3 Å². The molecule has 1 aromatic heterocycles. The van der Waals surface area contributed by atoms with Gasteiger partial charge in [0.15, 0.2) is 0 Å². The molecule has 1 aromatic carbocycles. The second-order valence-corrected chi connectivity index (χ2v) is 15.2. The SMILES string of the molecule is Cc1ccsc1-c1ccc([C@H]2NC(=O)[C@@H]3C[C@@H](O)CN3C(=O)[C@H](C(C)(C)C)NC(=O)CSCCNC(=O)[C@@H](CN)NC(=O)CNC2=O)cc1. The zero-order valence-electron chi connectivity index (χ0n) is 28.0. The van der Waals surface area contributed by atoms with Crippen LogP contribution in [-0.4, -0.2) is 107 Å². The predicted octanol–water partition coefficient (Wildman–Crippen LogP) is -0.204. The molecule has 4 rings (SSSR count). The van der Waals surface area contributed by atoms with Gasteiger partial charge in [0.1, 0.15) is 24.2 Å². The first kappa shape index (κ1) is 37.8. The summed E-state index contributed by atoms with van der Waals surface area (Å²) in [6.45, 7) is 6.70. The molecule has 2 fully saturated rings. The van der Waals surface area contributed by atoms with E-state index in [0.717, 1.165) is 16.0 Å². The van der Waals surface area contributed by atoms with Crippen LogP contribution in [-0.2, 0) is 28.8 Å². The molecule has 0 unspecified atom stereocenters. The van der Waals surface area contributed by atoms with Gasteiger partial charge >= 0.3 is 0 Å². The first-order valence-corrected chi connectivity index (χ1v) is 18.1. The number of aliphatic hydroxyl groups is 1. The quantitative estimate of drug-likeness (QED) is 0.224. The number of nitrogens with two attached hydrogens (primary N) is 1. The predicted molar refractivity (Wildman–Crippen MR) is 187 cm³/mol. The summed E-state index contributed by atoms with van der Waals surface area (Å²) in [6.07, 6.45) is -1.08. The van der Waals surface area contributed by atoms with Crippen molar-refractivity contribution >= 4 is 58.5 Å². The van der Waals surface area contributed by atoms with Gasteiger partial charge < -0.3 is 42.3 Å². The van der Waals surface area contributed by atoms with Crippen LogP contribution in [0.4, 0.5) is 0 Å². The van der Waals surface area contributed by atoms with Crippen LogP contribution in [0.25, 0.3) is 10.4 Å². The molecule has 0 aliphatic carbocycles. The summed E-state index contributed by atoms with van der Waals surface area (Å²) in [6, 6.07) is 4.55. The highest BCUT2D eigenvalue weighted by molar-refractivity contribution is 7.99. The van der Waals surface area contributed by atoms with Gasteiger partial charge in [-0.25, -0.2) is 0 Å². The highest BCUT2D eigenvalue weighted by Crippen LogP contribution is 2.31. The van der Waals surface area contributed by atoms with Gasteiger partial charge in [-0.1, -0.05) is 45.0 Å². The van der Waals surface area contributed by atoms with Crippen molar-refractivity contribution in [3.8, 4) is 10.4 Å². The Kier molecular flexibility index (Phi) is 12.8. The Morgan fingerprint density at radius 2 is 1.63 bits per heavy atom. The zero-order valence-corrected chi connectivity index (χ0v) is 29.7. The number of aliphatic hydroxyl groups excluding tert-OH is 1. The van der Waals surface area contributed by atoms with Crippen molar-refractivity contribution < 1.29 is 33.9 Å². The number of amides is 6. The fourth-order valence-corrected chi connectivity index (χ4v) is 7.23. The lowest BCUT2D eigenvalue weighted by Gasteiger charge is -2.35. The van der Waals surface area contributed by atoms with E-state index in [1.165, 1.54) is 16.7 Å². The minimum absolute atomic E-state index is 0.000370. The Morgan fingerprint density at radius 1 is 0.918 bits per heavy atom. The lowest BCUT2D eigenvalue weighted by atomic mass is 9.85. The van der Waals surface area contributed by atoms with E-state index in [1.54, 1.807) is 44.2 Å².